The molecular formula is C8H4ClFN4. The van der Waals surface area contributed by atoms with Crippen molar-refractivity contribution in [3.63, 3.8) is 0 Å². The van der Waals surface area contributed by atoms with E-state index in [0.29, 0.717) is 5.02 Å². The van der Waals surface area contributed by atoms with E-state index in [1.54, 1.807) is 0 Å². The summed E-state index contributed by atoms with van der Waals surface area (Å²) in [6, 6.07) is 1.35. The molecule has 70 valence electrons. The van der Waals surface area contributed by atoms with Crippen molar-refractivity contribution in [2.45, 2.75) is 0 Å². The topological polar surface area (TPSA) is 61.7 Å². The van der Waals surface area contributed by atoms with Crippen molar-refractivity contribution < 1.29 is 4.39 Å². The summed E-state index contributed by atoms with van der Waals surface area (Å²) < 4.78 is 12.9. The van der Waals surface area contributed by atoms with Crippen LogP contribution in [0.5, 0.6) is 0 Å². The fourth-order valence-electron chi connectivity index (χ4n) is 0.712. The van der Waals surface area contributed by atoms with Crippen molar-refractivity contribution in [2.75, 3.05) is 6.54 Å². The third-order valence-corrected chi connectivity index (χ3v) is 1.45. The number of nitrogens with zero attached hydrogens (tertiary/aromatic N) is 4. The zero-order valence-electron chi connectivity index (χ0n) is 6.91. The summed E-state index contributed by atoms with van der Waals surface area (Å²) in [5, 5.41) is 3.48. The molecule has 0 spiro atoms. The van der Waals surface area contributed by atoms with Crippen molar-refractivity contribution >= 4 is 11.6 Å². The molecule has 0 aliphatic carbocycles. The van der Waals surface area contributed by atoms with Gasteiger partial charge in [0, 0.05) is 11.1 Å². The molecular weight excluding hydrogens is 207 g/mol. The number of halogens is 2. The molecule has 1 aromatic rings. The number of aromatic nitrogens is 1. The van der Waals surface area contributed by atoms with Gasteiger partial charge in [-0.15, -0.1) is 0 Å². The van der Waals surface area contributed by atoms with Crippen molar-refractivity contribution in [3.8, 4) is 11.8 Å². The Morgan fingerprint density at radius 1 is 1.71 bits per heavy atom. The van der Waals surface area contributed by atoms with E-state index in [-0.39, 0.29) is 12.1 Å². The lowest BCUT2D eigenvalue weighted by molar-refractivity contribution is 0.580. The molecule has 0 unspecified atom stereocenters. The molecule has 1 rings (SSSR count). The Hall–Kier alpha value is -1.76. The third-order valence-electron chi connectivity index (χ3n) is 1.24. The van der Waals surface area contributed by atoms with Gasteiger partial charge in [-0.2, -0.15) is 4.39 Å². The van der Waals surface area contributed by atoms with Crippen LogP contribution in [0.2, 0.25) is 5.02 Å². The lowest BCUT2D eigenvalue weighted by Gasteiger charge is -1.92. The van der Waals surface area contributed by atoms with Crippen LogP contribution < -0.4 is 0 Å². The van der Waals surface area contributed by atoms with Crippen LogP contribution in [0.3, 0.4) is 0 Å². The summed E-state index contributed by atoms with van der Waals surface area (Å²) in [5.74, 6) is 4.22. The summed E-state index contributed by atoms with van der Waals surface area (Å²) in [4.78, 5) is 5.87. The average molecular weight is 211 g/mol. The van der Waals surface area contributed by atoms with Gasteiger partial charge in [-0.3, -0.25) is 0 Å². The Balaban J connectivity index is 2.88. The third kappa shape index (κ3) is 2.94. The first-order valence-corrected chi connectivity index (χ1v) is 3.92. The number of azide groups is 1. The highest BCUT2D eigenvalue weighted by Gasteiger charge is 1.99. The summed E-state index contributed by atoms with van der Waals surface area (Å²) in [6.45, 7) is -0.0115. The molecule has 0 radical (unpaired) electrons. The van der Waals surface area contributed by atoms with E-state index in [9.17, 15) is 4.39 Å². The molecule has 0 aliphatic rings. The highest BCUT2D eigenvalue weighted by molar-refractivity contribution is 6.30. The van der Waals surface area contributed by atoms with Gasteiger partial charge in [-0.1, -0.05) is 28.6 Å². The van der Waals surface area contributed by atoms with Gasteiger partial charge in [0.05, 0.1) is 17.1 Å². The van der Waals surface area contributed by atoms with E-state index in [4.69, 9.17) is 17.1 Å². The first kappa shape index (κ1) is 10.3. The quantitative estimate of drug-likeness (QED) is 0.231. The smallest absolute Gasteiger partial charge is 0.226 e. The van der Waals surface area contributed by atoms with Crippen LogP contribution in [0.15, 0.2) is 17.4 Å². The van der Waals surface area contributed by atoms with E-state index in [2.05, 4.69) is 26.9 Å². The van der Waals surface area contributed by atoms with Crippen LogP contribution in [0.25, 0.3) is 10.4 Å². The predicted molar refractivity (Wildman–Crippen MR) is 50.1 cm³/mol. The van der Waals surface area contributed by atoms with E-state index in [1.807, 2.05) is 0 Å². The van der Waals surface area contributed by atoms with Crippen molar-refractivity contribution in [1.29, 1.82) is 0 Å². The van der Waals surface area contributed by atoms with Gasteiger partial charge in [0.15, 0.2) is 0 Å². The standard InChI is InChI=1S/C8H4ClFN4/c9-7-4-6(8(10)12-5-7)2-1-3-13-14-11/h4-5H,3H2. The number of hydrogen-bond acceptors (Lipinski definition) is 2. The van der Waals surface area contributed by atoms with E-state index in [1.165, 1.54) is 12.3 Å². The Morgan fingerprint density at radius 2 is 2.50 bits per heavy atom. The number of hydrogen-bond donors (Lipinski definition) is 0. The Morgan fingerprint density at radius 3 is 3.21 bits per heavy atom. The molecule has 0 fully saturated rings. The minimum atomic E-state index is -0.692. The normalized spacial score (nSPS) is 8.43. The maximum absolute atomic E-state index is 12.9. The monoisotopic (exact) mass is 210 g/mol. The van der Waals surface area contributed by atoms with Gasteiger partial charge < -0.3 is 0 Å². The minimum Gasteiger partial charge on any atom is -0.226 e. The van der Waals surface area contributed by atoms with Crippen LogP contribution in [0.1, 0.15) is 5.56 Å². The van der Waals surface area contributed by atoms with Gasteiger partial charge in [0.1, 0.15) is 0 Å². The molecule has 0 atom stereocenters. The van der Waals surface area contributed by atoms with E-state index < -0.39 is 5.95 Å². The number of rotatable bonds is 1. The Labute approximate surface area is 84.3 Å². The molecule has 0 saturated heterocycles. The summed E-state index contributed by atoms with van der Waals surface area (Å²) in [6.07, 6.45) is 1.19. The molecule has 0 aromatic carbocycles. The summed E-state index contributed by atoms with van der Waals surface area (Å²) >= 11 is 5.58. The molecule has 1 aromatic heterocycles. The van der Waals surface area contributed by atoms with Crippen molar-refractivity contribution in [3.05, 3.63) is 39.2 Å². The average Bonchev–Trinajstić information content (AvgIpc) is 2.18. The zero-order chi connectivity index (χ0) is 10.4. The zero-order valence-corrected chi connectivity index (χ0v) is 7.66. The lowest BCUT2D eigenvalue weighted by atomic mass is 10.3. The first-order valence-electron chi connectivity index (χ1n) is 3.55. The van der Waals surface area contributed by atoms with Crippen molar-refractivity contribution in [2.24, 2.45) is 5.11 Å². The Bertz CT molecular complexity index is 442. The van der Waals surface area contributed by atoms with Crippen LogP contribution in [-0.2, 0) is 0 Å². The highest BCUT2D eigenvalue weighted by Crippen LogP contribution is 2.10. The van der Waals surface area contributed by atoms with Crippen LogP contribution in [-0.4, -0.2) is 11.5 Å². The molecule has 0 bridgehead atoms. The maximum Gasteiger partial charge on any atom is 0.228 e. The second-order valence-corrected chi connectivity index (χ2v) is 2.62. The molecule has 0 amide bonds. The van der Waals surface area contributed by atoms with Crippen LogP contribution in [0.4, 0.5) is 4.39 Å². The van der Waals surface area contributed by atoms with E-state index in [0.717, 1.165) is 0 Å². The predicted octanol–water partition coefficient (Wildman–Crippen LogP) is 2.54. The fraction of sp³-hybridized carbons (Fsp3) is 0.125. The minimum absolute atomic E-state index is 0.0115. The molecule has 0 N–H and O–H groups in total. The van der Waals surface area contributed by atoms with E-state index >= 15 is 0 Å². The maximum atomic E-state index is 12.9. The van der Waals surface area contributed by atoms with Gasteiger partial charge in [0.2, 0.25) is 5.95 Å². The summed E-state index contributed by atoms with van der Waals surface area (Å²) in [5.41, 5.74) is 8.03. The Kier molecular flexibility index (Phi) is 3.74. The molecule has 6 heteroatoms. The molecule has 0 saturated carbocycles. The van der Waals surface area contributed by atoms with Gasteiger partial charge in [-0.05, 0) is 11.6 Å². The largest absolute Gasteiger partial charge is 0.228 e. The first-order chi connectivity index (χ1) is 6.74. The molecule has 1 heterocycles. The molecule has 4 nitrogen and oxygen atoms in total. The molecule has 0 aliphatic heterocycles. The number of pyridine rings is 1. The van der Waals surface area contributed by atoms with Gasteiger partial charge >= 0.3 is 0 Å². The molecule has 14 heavy (non-hydrogen) atoms. The second-order valence-electron chi connectivity index (χ2n) is 2.18. The summed E-state index contributed by atoms with van der Waals surface area (Å²) in [7, 11) is 0. The highest BCUT2D eigenvalue weighted by atomic mass is 35.5. The van der Waals surface area contributed by atoms with Crippen LogP contribution in [0, 0.1) is 17.8 Å². The van der Waals surface area contributed by atoms with Crippen LogP contribution >= 0.6 is 11.6 Å². The SMILES string of the molecule is [N-]=[N+]=NCC#Cc1cc(Cl)cnc1F. The lowest BCUT2D eigenvalue weighted by Crippen LogP contribution is -1.88. The van der Waals surface area contributed by atoms with Crippen molar-refractivity contribution in [1.82, 2.24) is 4.98 Å². The second kappa shape index (κ2) is 5.07. The van der Waals surface area contributed by atoms with Gasteiger partial charge in [0.25, 0.3) is 0 Å². The van der Waals surface area contributed by atoms with Gasteiger partial charge in [-0.25, -0.2) is 4.98 Å². The fourth-order valence-corrected chi connectivity index (χ4v) is 0.870.